The Balaban J connectivity index is 0.00000288. The highest BCUT2D eigenvalue weighted by molar-refractivity contribution is 5.85. The lowest BCUT2D eigenvalue weighted by Crippen LogP contribution is -2.45. The van der Waals surface area contributed by atoms with Crippen molar-refractivity contribution in [3.05, 3.63) is 35.9 Å². The summed E-state index contributed by atoms with van der Waals surface area (Å²) >= 11 is 0. The fraction of sp³-hybridized carbons (Fsp3) is 0.632. The average molecular weight is 390 g/mol. The summed E-state index contributed by atoms with van der Waals surface area (Å²) in [6.45, 7) is 6.97. The van der Waals surface area contributed by atoms with Crippen molar-refractivity contribution >= 4 is 30.7 Å². The highest BCUT2D eigenvalue weighted by Crippen LogP contribution is 2.20. The zero-order chi connectivity index (χ0) is 16.7. The van der Waals surface area contributed by atoms with Gasteiger partial charge in [0.2, 0.25) is 5.91 Å². The van der Waals surface area contributed by atoms with Gasteiger partial charge >= 0.3 is 0 Å². The largest absolute Gasteiger partial charge is 0.355 e. The van der Waals surface area contributed by atoms with Gasteiger partial charge in [0.25, 0.3) is 0 Å². The number of halogens is 2. The number of carbonyl (C=O) groups is 1. The third kappa shape index (κ3) is 7.14. The molecule has 6 heteroatoms. The van der Waals surface area contributed by atoms with Gasteiger partial charge in [0, 0.05) is 25.2 Å². The Hall–Kier alpha value is -0.810. The van der Waals surface area contributed by atoms with Crippen LogP contribution in [0.15, 0.2) is 30.3 Å². The zero-order valence-electron chi connectivity index (χ0n) is 15.3. The molecular formula is C19H33Cl2N3O. The zero-order valence-corrected chi connectivity index (χ0v) is 17.0. The third-order valence-corrected chi connectivity index (χ3v) is 5.06. The number of hydrogen-bond donors (Lipinski definition) is 2. The molecule has 0 bridgehead atoms. The van der Waals surface area contributed by atoms with Crippen LogP contribution in [0.2, 0.25) is 0 Å². The maximum atomic E-state index is 12.3. The summed E-state index contributed by atoms with van der Waals surface area (Å²) in [5.74, 6) is -0.174. The van der Waals surface area contributed by atoms with Gasteiger partial charge in [-0.2, -0.15) is 0 Å². The van der Waals surface area contributed by atoms with Crippen molar-refractivity contribution in [1.82, 2.24) is 10.2 Å². The van der Waals surface area contributed by atoms with Crippen LogP contribution in [-0.4, -0.2) is 36.5 Å². The van der Waals surface area contributed by atoms with Crippen LogP contribution in [0.4, 0.5) is 0 Å². The van der Waals surface area contributed by atoms with Crippen molar-refractivity contribution in [2.75, 3.05) is 19.6 Å². The molecule has 0 aromatic heterocycles. The van der Waals surface area contributed by atoms with E-state index in [9.17, 15) is 4.79 Å². The van der Waals surface area contributed by atoms with Crippen LogP contribution in [0.25, 0.3) is 0 Å². The molecule has 1 saturated heterocycles. The topological polar surface area (TPSA) is 58.4 Å². The molecule has 1 fully saturated rings. The van der Waals surface area contributed by atoms with E-state index in [1.807, 2.05) is 37.3 Å². The Labute approximate surface area is 164 Å². The van der Waals surface area contributed by atoms with Crippen molar-refractivity contribution in [2.24, 2.45) is 11.7 Å². The molecule has 3 unspecified atom stereocenters. The number of nitrogens with zero attached hydrogens (tertiary/aromatic N) is 1. The molecule has 1 aromatic rings. The molecule has 144 valence electrons. The number of likely N-dealkylation sites (tertiary alicyclic amines) is 1. The predicted molar refractivity (Wildman–Crippen MR) is 110 cm³/mol. The summed E-state index contributed by atoms with van der Waals surface area (Å²) in [4.78, 5) is 14.9. The first-order valence-corrected chi connectivity index (χ1v) is 8.95. The smallest absolute Gasteiger partial charge is 0.224 e. The molecule has 0 spiro atoms. The van der Waals surface area contributed by atoms with E-state index < -0.39 is 0 Å². The fourth-order valence-electron chi connectivity index (χ4n) is 3.43. The standard InChI is InChI=1S/C19H31N3O.2ClH/c1-3-17-11-7-8-13-22(17)14-12-21-19(23)15(2)18(20)16-9-5-4-6-10-16;;/h4-6,9-10,15,17-18H,3,7-8,11-14,20H2,1-2H3,(H,21,23);2*1H. The lowest BCUT2D eigenvalue weighted by Gasteiger charge is -2.35. The number of piperidine rings is 1. The Morgan fingerprint density at radius 3 is 2.60 bits per heavy atom. The summed E-state index contributed by atoms with van der Waals surface area (Å²) in [5.41, 5.74) is 7.24. The van der Waals surface area contributed by atoms with Crippen LogP contribution in [0, 0.1) is 5.92 Å². The van der Waals surface area contributed by atoms with Gasteiger partial charge in [-0.1, -0.05) is 50.6 Å². The molecule has 2 rings (SSSR count). The molecule has 3 atom stereocenters. The van der Waals surface area contributed by atoms with Crippen molar-refractivity contribution in [1.29, 1.82) is 0 Å². The van der Waals surface area contributed by atoms with E-state index in [-0.39, 0.29) is 42.7 Å². The van der Waals surface area contributed by atoms with E-state index in [1.54, 1.807) is 0 Å². The number of benzene rings is 1. The van der Waals surface area contributed by atoms with Gasteiger partial charge in [-0.3, -0.25) is 9.69 Å². The molecule has 1 aliphatic rings. The molecule has 4 nitrogen and oxygen atoms in total. The molecule has 0 saturated carbocycles. The molecular weight excluding hydrogens is 357 g/mol. The lowest BCUT2D eigenvalue weighted by atomic mass is 9.94. The number of rotatable bonds is 7. The molecule has 3 N–H and O–H groups in total. The molecule has 1 aliphatic heterocycles. The Kier molecular flexibility index (Phi) is 12.1. The molecule has 0 radical (unpaired) electrons. The van der Waals surface area contributed by atoms with Crippen LogP contribution in [-0.2, 0) is 4.79 Å². The van der Waals surface area contributed by atoms with Gasteiger partial charge in [-0.05, 0) is 31.4 Å². The second-order valence-corrected chi connectivity index (χ2v) is 6.61. The van der Waals surface area contributed by atoms with Gasteiger partial charge < -0.3 is 11.1 Å². The number of nitrogens with two attached hydrogens (primary N) is 1. The van der Waals surface area contributed by atoms with Gasteiger partial charge in [-0.15, -0.1) is 24.8 Å². The second-order valence-electron chi connectivity index (χ2n) is 6.61. The first kappa shape index (κ1) is 24.2. The number of nitrogens with one attached hydrogen (secondary N) is 1. The Morgan fingerprint density at radius 2 is 1.96 bits per heavy atom. The Bertz CT molecular complexity index is 487. The highest BCUT2D eigenvalue weighted by atomic mass is 35.5. The van der Waals surface area contributed by atoms with E-state index >= 15 is 0 Å². The van der Waals surface area contributed by atoms with E-state index in [4.69, 9.17) is 5.73 Å². The van der Waals surface area contributed by atoms with Crippen LogP contribution >= 0.6 is 24.8 Å². The third-order valence-electron chi connectivity index (χ3n) is 5.06. The quantitative estimate of drug-likeness (QED) is 0.749. The van der Waals surface area contributed by atoms with Crippen molar-refractivity contribution in [3.8, 4) is 0 Å². The first-order valence-electron chi connectivity index (χ1n) is 8.95. The van der Waals surface area contributed by atoms with E-state index in [0.29, 0.717) is 12.6 Å². The molecule has 1 heterocycles. The second kappa shape index (κ2) is 12.5. The molecule has 0 aliphatic carbocycles. The Morgan fingerprint density at radius 1 is 1.28 bits per heavy atom. The number of amides is 1. The average Bonchev–Trinajstić information content (AvgIpc) is 2.61. The normalized spacial score (nSPS) is 19.9. The van der Waals surface area contributed by atoms with Gasteiger partial charge in [0.15, 0.2) is 0 Å². The minimum absolute atomic E-state index is 0. The minimum Gasteiger partial charge on any atom is -0.355 e. The fourth-order valence-corrected chi connectivity index (χ4v) is 3.43. The van der Waals surface area contributed by atoms with Crippen molar-refractivity contribution in [2.45, 2.75) is 51.6 Å². The maximum absolute atomic E-state index is 12.3. The van der Waals surface area contributed by atoms with Crippen LogP contribution in [0.1, 0.15) is 51.1 Å². The summed E-state index contributed by atoms with van der Waals surface area (Å²) in [6, 6.07) is 10.3. The van der Waals surface area contributed by atoms with E-state index in [0.717, 1.165) is 18.7 Å². The van der Waals surface area contributed by atoms with Crippen LogP contribution < -0.4 is 11.1 Å². The minimum atomic E-state index is -0.255. The molecule has 1 aromatic carbocycles. The lowest BCUT2D eigenvalue weighted by molar-refractivity contribution is -0.125. The summed E-state index contributed by atoms with van der Waals surface area (Å²) in [7, 11) is 0. The monoisotopic (exact) mass is 389 g/mol. The molecule has 25 heavy (non-hydrogen) atoms. The van der Waals surface area contributed by atoms with E-state index in [2.05, 4.69) is 17.1 Å². The maximum Gasteiger partial charge on any atom is 0.224 e. The van der Waals surface area contributed by atoms with Gasteiger partial charge in [-0.25, -0.2) is 0 Å². The summed E-state index contributed by atoms with van der Waals surface area (Å²) in [5, 5.41) is 3.06. The summed E-state index contributed by atoms with van der Waals surface area (Å²) in [6.07, 6.45) is 5.10. The summed E-state index contributed by atoms with van der Waals surface area (Å²) < 4.78 is 0. The van der Waals surface area contributed by atoms with Crippen molar-refractivity contribution in [3.63, 3.8) is 0 Å². The number of carbonyl (C=O) groups excluding carboxylic acids is 1. The molecule has 1 amide bonds. The van der Waals surface area contributed by atoms with Crippen LogP contribution in [0.5, 0.6) is 0 Å². The van der Waals surface area contributed by atoms with Gasteiger partial charge in [0.1, 0.15) is 0 Å². The van der Waals surface area contributed by atoms with E-state index in [1.165, 1.54) is 25.7 Å². The van der Waals surface area contributed by atoms with Crippen LogP contribution in [0.3, 0.4) is 0 Å². The SMILES string of the molecule is CCC1CCCCN1CCNC(=O)C(C)C(N)c1ccccc1.Cl.Cl. The predicted octanol–water partition coefficient (Wildman–Crippen LogP) is 3.55. The number of hydrogen-bond acceptors (Lipinski definition) is 3. The van der Waals surface area contributed by atoms with Gasteiger partial charge in [0.05, 0.1) is 5.92 Å². The first-order chi connectivity index (χ1) is 11.1. The highest BCUT2D eigenvalue weighted by Gasteiger charge is 2.23. The van der Waals surface area contributed by atoms with Crippen molar-refractivity contribution < 1.29 is 4.79 Å².